The molecule has 0 unspecified atom stereocenters. The third kappa shape index (κ3) is 1.66. The Balaban J connectivity index is 2.14. The van der Waals surface area contributed by atoms with E-state index in [9.17, 15) is 4.79 Å². The molecule has 2 amide bonds. The van der Waals surface area contributed by atoms with Crippen LogP contribution in [0, 0.1) is 0 Å². The lowest BCUT2D eigenvalue weighted by atomic mass is 9.97. The van der Waals surface area contributed by atoms with Crippen molar-refractivity contribution >= 4 is 6.03 Å². The molecule has 90 valence electrons. The van der Waals surface area contributed by atoms with Crippen LogP contribution in [0.2, 0.25) is 0 Å². The first-order chi connectivity index (χ1) is 8.75. The molecule has 1 aliphatic heterocycles. The molecule has 0 spiro atoms. The van der Waals surface area contributed by atoms with E-state index in [2.05, 4.69) is 10.3 Å². The van der Waals surface area contributed by atoms with Crippen LogP contribution in [0.1, 0.15) is 17.2 Å². The molecule has 18 heavy (non-hydrogen) atoms. The molecule has 1 aromatic heterocycles. The highest BCUT2D eigenvalue weighted by Gasteiger charge is 2.28. The summed E-state index contributed by atoms with van der Waals surface area (Å²) < 4.78 is 5.69. The molecule has 0 radical (unpaired) electrons. The zero-order valence-corrected chi connectivity index (χ0v) is 9.46. The zero-order chi connectivity index (χ0) is 12.5. The van der Waals surface area contributed by atoms with Crippen molar-refractivity contribution in [2.24, 2.45) is 5.73 Å². The van der Waals surface area contributed by atoms with Gasteiger partial charge >= 0.3 is 6.03 Å². The molecule has 0 fully saturated rings. The topological polar surface area (TPSA) is 77.2 Å². The Morgan fingerprint density at radius 1 is 1.22 bits per heavy atom. The minimum atomic E-state index is -0.577. The summed E-state index contributed by atoms with van der Waals surface area (Å²) in [4.78, 5) is 15.3. The van der Waals surface area contributed by atoms with Gasteiger partial charge in [0.1, 0.15) is 5.75 Å². The fourth-order valence-corrected chi connectivity index (χ4v) is 2.09. The monoisotopic (exact) mass is 241 g/mol. The summed E-state index contributed by atoms with van der Waals surface area (Å²) in [5.41, 5.74) is 6.90. The Morgan fingerprint density at radius 2 is 2.00 bits per heavy atom. The SMILES string of the molecule is NC(=O)N[C@@H]1c2ccccc2Oc2ncccc21. The van der Waals surface area contributed by atoms with E-state index in [1.807, 2.05) is 30.3 Å². The molecule has 3 N–H and O–H groups in total. The van der Waals surface area contributed by atoms with E-state index in [0.29, 0.717) is 11.6 Å². The second kappa shape index (κ2) is 4.03. The molecule has 0 bridgehead atoms. The van der Waals surface area contributed by atoms with Gasteiger partial charge in [-0.25, -0.2) is 9.78 Å². The van der Waals surface area contributed by atoms with Gasteiger partial charge in [0, 0.05) is 17.3 Å². The van der Waals surface area contributed by atoms with Crippen LogP contribution in [0.15, 0.2) is 42.6 Å². The smallest absolute Gasteiger partial charge is 0.312 e. The van der Waals surface area contributed by atoms with Gasteiger partial charge in [-0.3, -0.25) is 0 Å². The molecule has 2 aromatic rings. The Hall–Kier alpha value is -2.56. The minimum absolute atomic E-state index is 0.323. The van der Waals surface area contributed by atoms with Crippen molar-refractivity contribution in [1.29, 1.82) is 0 Å². The fourth-order valence-electron chi connectivity index (χ4n) is 2.09. The molecule has 0 saturated heterocycles. The van der Waals surface area contributed by atoms with Gasteiger partial charge in [0.05, 0.1) is 6.04 Å². The second-order valence-corrected chi connectivity index (χ2v) is 3.98. The first-order valence-electron chi connectivity index (χ1n) is 5.53. The summed E-state index contributed by atoms with van der Waals surface area (Å²) in [7, 11) is 0. The summed E-state index contributed by atoms with van der Waals surface area (Å²) in [5.74, 6) is 1.18. The number of pyridine rings is 1. The van der Waals surface area contributed by atoms with Gasteiger partial charge < -0.3 is 15.8 Å². The van der Waals surface area contributed by atoms with Crippen molar-refractivity contribution in [3.8, 4) is 11.6 Å². The van der Waals surface area contributed by atoms with E-state index in [1.165, 1.54) is 0 Å². The first-order valence-corrected chi connectivity index (χ1v) is 5.53. The van der Waals surface area contributed by atoms with Gasteiger partial charge in [-0.1, -0.05) is 18.2 Å². The van der Waals surface area contributed by atoms with Crippen molar-refractivity contribution in [3.05, 3.63) is 53.7 Å². The Bertz CT molecular complexity index is 567. The summed E-state index contributed by atoms with van der Waals surface area (Å²) in [6.45, 7) is 0. The number of fused-ring (bicyclic) bond motifs is 2. The van der Waals surface area contributed by atoms with Crippen LogP contribution in [0.5, 0.6) is 11.6 Å². The van der Waals surface area contributed by atoms with E-state index < -0.39 is 6.03 Å². The molecule has 5 heteroatoms. The van der Waals surface area contributed by atoms with Crippen LogP contribution < -0.4 is 15.8 Å². The molecule has 1 atom stereocenters. The molecule has 0 saturated carbocycles. The molecule has 1 aliphatic rings. The van der Waals surface area contributed by atoms with E-state index in [0.717, 1.165) is 11.1 Å². The number of nitrogens with one attached hydrogen (secondary N) is 1. The van der Waals surface area contributed by atoms with E-state index in [1.54, 1.807) is 12.3 Å². The van der Waals surface area contributed by atoms with Crippen molar-refractivity contribution in [3.63, 3.8) is 0 Å². The lowest BCUT2D eigenvalue weighted by Crippen LogP contribution is -2.35. The van der Waals surface area contributed by atoms with Crippen molar-refractivity contribution in [2.45, 2.75) is 6.04 Å². The molecule has 0 aliphatic carbocycles. The molecule has 1 aromatic carbocycles. The molecule has 2 heterocycles. The van der Waals surface area contributed by atoms with Crippen LogP contribution in [0.3, 0.4) is 0 Å². The highest BCUT2D eigenvalue weighted by atomic mass is 16.5. The van der Waals surface area contributed by atoms with Crippen molar-refractivity contribution < 1.29 is 9.53 Å². The van der Waals surface area contributed by atoms with Gasteiger partial charge in [-0.15, -0.1) is 0 Å². The zero-order valence-electron chi connectivity index (χ0n) is 9.46. The number of ether oxygens (including phenoxy) is 1. The average molecular weight is 241 g/mol. The number of carbonyl (C=O) groups is 1. The highest BCUT2D eigenvalue weighted by Crippen LogP contribution is 2.40. The van der Waals surface area contributed by atoms with Gasteiger partial charge in [-0.2, -0.15) is 0 Å². The molecule has 3 rings (SSSR count). The summed E-state index contributed by atoms with van der Waals surface area (Å²) in [6, 6.07) is 10.2. The van der Waals surface area contributed by atoms with Crippen LogP contribution >= 0.6 is 0 Å². The lowest BCUT2D eigenvalue weighted by molar-refractivity contribution is 0.246. The van der Waals surface area contributed by atoms with Crippen LogP contribution in [0.4, 0.5) is 4.79 Å². The van der Waals surface area contributed by atoms with Crippen molar-refractivity contribution in [2.75, 3.05) is 0 Å². The van der Waals surface area contributed by atoms with E-state index >= 15 is 0 Å². The quantitative estimate of drug-likeness (QED) is 0.801. The standard InChI is InChI=1S/C13H11N3O2/c14-13(17)16-11-8-4-1-2-6-10(8)18-12-9(11)5-3-7-15-12/h1-7,11H,(H3,14,16,17)/t11-/m1/s1. The number of primary amides is 1. The Morgan fingerprint density at radius 3 is 2.83 bits per heavy atom. The Labute approximate surface area is 104 Å². The predicted octanol–water partition coefficient (Wildman–Crippen LogP) is 1.94. The third-order valence-electron chi connectivity index (χ3n) is 2.83. The summed E-state index contributed by atoms with van der Waals surface area (Å²) >= 11 is 0. The number of urea groups is 1. The molecule has 5 nitrogen and oxygen atoms in total. The first kappa shape index (κ1) is 10.6. The average Bonchev–Trinajstić information content (AvgIpc) is 2.38. The van der Waals surface area contributed by atoms with Gasteiger partial charge in [-0.05, 0) is 18.2 Å². The normalized spacial score (nSPS) is 16.1. The number of hydrogen-bond acceptors (Lipinski definition) is 3. The maximum Gasteiger partial charge on any atom is 0.312 e. The van der Waals surface area contributed by atoms with Gasteiger partial charge in [0.15, 0.2) is 0 Å². The van der Waals surface area contributed by atoms with E-state index in [4.69, 9.17) is 10.5 Å². The summed E-state index contributed by atoms with van der Waals surface area (Å²) in [6.07, 6.45) is 1.65. The lowest BCUT2D eigenvalue weighted by Gasteiger charge is -2.27. The largest absolute Gasteiger partial charge is 0.438 e. The van der Waals surface area contributed by atoms with E-state index in [-0.39, 0.29) is 6.04 Å². The van der Waals surface area contributed by atoms with Crippen LogP contribution in [-0.4, -0.2) is 11.0 Å². The van der Waals surface area contributed by atoms with Crippen molar-refractivity contribution in [1.82, 2.24) is 10.3 Å². The van der Waals surface area contributed by atoms with Crippen LogP contribution in [-0.2, 0) is 0 Å². The van der Waals surface area contributed by atoms with Crippen LogP contribution in [0.25, 0.3) is 0 Å². The van der Waals surface area contributed by atoms with Gasteiger partial charge in [0.2, 0.25) is 5.88 Å². The number of rotatable bonds is 1. The summed E-state index contributed by atoms with van der Waals surface area (Å²) in [5, 5.41) is 2.71. The molecular weight excluding hydrogens is 230 g/mol. The number of para-hydroxylation sites is 1. The number of hydrogen-bond donors (Lipinski definition) is 2. The number of benzene rings is 1. The molecular formula is C13H11N3O2. The number of nitrogens with zero attached hydrogens (tertiary/aromatic N) is 1. The third-order valence-corrected chi connectivity index (χ3v) is 2.83. The number of carbonyl (C=O) groups excluding carboxylic acids is 1. The maximum atomic E-state index is 11.1. The predicted molar refractivity (Wildman–Crippen MR) is 65.3 cm³/mol. The minimum Gasteiger partial charge on any atom is -0.438 e. The Kier molecular flexibility index (Phi) is 2.37. The fraction of sp³-hybridized carbons (Fsp3) is 0.0769. The van der Waals surface area contributed by atoms with Gasteiger partial charge in [0.25, 0.3) is 0 Å². The second-order valence-electron chi connectivity index (χ2n) is 3.98. The number of aromatic nitrogens is 1. The highest BCUT2D eigenvalue weighted by molar-refractivity contribution is 5.73. The number of nitrogens with two attached hydrogens (primary N) is 1. The number of amides is 2. The maximum absolute atomic E-state index is 11.1.